The van der Waals surface area contributed by atoms with Gasteiger partial charge in [-0.1, -0.05) is 12.1 Å². The third kappa shape index (κ3) is 4.10. The average Bonchev–Trinajstić information content (AvgIpc) is 2.54. The van der Waals surface area contributed by atoms with Gasteiger partial charge in [-0.25, -0.2) is 0 Å². The minimum atomic E-state index is 0.0747. The standard InChI is InChI=1S/C18H26N2O2/c1-13(15-6-4-8-17(11-15)22-3)10-18(21)20-9-5-7-16(12-20)14(2)19/h4,6,8,10-11,14,16H,5,7,9,12,19H2,1-3H3. The Kier molecular flexibility index (Phi) is 5.61. The average molecular weight is 302 g/mol. The predicted octanol–water partition coefficient (Wildman–Crippen LogP) is 2.68. The van der Waals surface area contributed by atoms with Gasteiger partial charge in [-0.05, 0) is 55.9 Å². The van der Waals surface area contributed by atoms with Gasteiger partial charge in [-0.15, -0.1) is 0 Å². The fourth-order valence-corrected chi connectivity index (χ4v) is 2.87. The maximum Gasteiger partial charge on any atom is 0.246 e. The second kappa shape index (κ2) is 7.45. The van der Waals surface area contributed by atoms with Crippen molar-refractivity contribution in [2.24, 2.45) is 11.7 Å². The number of allylic oxidation sites excluding steroid dienone is 1. The normalized spacial score (nSPS) is 20.6. The van der Waals surface area contributed by atoms with E-state index in [0.29, 0.717) is 5.92 Å². The molecule has 2 rings (SSSR count). The largest absolute Gasteiger partial charge is 0.497 e. The number of hydrogen-bond donors (Lipinski definition) is 1. The van der Waals surface area contributed by atoms with E-state index in [1.54, 1.807) is 13.2 Å². The number of methoxy groups -OCH3 is 1. The van der Waals surface area contributed by atoms with E-state index in [1.165, 1.54) is 0 Å². The van der Waals surface area contributed by atoms with Crippen LogP contribution in [0.25, 0.3) is 5.57 Å². The minimum Gasteiger partial charge on any atom is -0.497 e. The van der Waals surface area contributed by atoms with E-state index in [-0.39, 0.29) is 11.9 Å². The van der Waals surface area contributed by atoms with Gasteiger partial charge in [0.25, 0.3) is 0 Å². The van der Waals surface area contributed by atoms with E-state index in [1.807, 2.05) is 43.0 Å². The van der Waals surface area contributed by atoms with Crippen LogP contribution in [0.5, 0.6) is 5.75 Å². The van der Waals surface area contributed by atoms with Gasteiger partial charge in [0.15, 0.2) is 0 Å². The summed E-state index contributed by atoms with van der Waals surface area (Å²) in [6.45, 7) is 5.57. The SMILES string of the molecule is COc1cccc(C(C)=CC(=O)N2CCCC(C(C)N)C2)c1. The van der Waals surface area contributed by atoms with Crippen molar-refractivity contribution < 1.29 is 9.53 Å². The van der Waals surface area contributed by atoms with Crippen molar-refractivity contribution in [2.45, 2.75) is 32.7 Å². The Morgan fingerprint density at radius 1 is 1.50 bits per heavy atom. The van der Waals surface area contributed by atoms with Crippen LogP contribution in [0.15, 0.2) is 30.3 Å². The van der Waals surface area contributed by atoms with Crippen LogP contribution in [-0.4, -0.2) is 37.0 Å². The predicted molar refractivity (Wildman–Crippen MR) is 89.6 cm³/mol. The van der Waals surface area contributed by atoms with Crippen molar-refractivity contribution in [2.75, 3.05) is 20.2 Å². The lowest BCUT2D eigenvalue weighted by molar-refractivity contribution is -0.127. The number of nitrogens with zero attached hydrogens (tertiary/aromatic N) is 1. The van der Waals surface area contributed by atoms with Gasteiger partial charge in [-0.2, -0.15) is 0 Å². The number of amides is 1. The molecule has 1 saturated heterocycles. The minimum absolute atomic E-state index is 0.0747. The fourth-order valence-electron chi connectivity index (χ4n) is 2.87. The molecular weight excluding hydrogens is 276 g/mol. The summed E-state index contributed by atoms with van der Waals surface area (Å²) in [5.41, 5.74) is 7.95. The number of carbonyl (C=O) groups is 1. The maximum absolute atomic E-state index is 12.5. The van der Waals surface area contributed by atoms with Crippen molar-refractivity contribution in [3.05, 3.63) is 35.9 Å². The van der Waals surface area contributed by atoms with Crippen LogP contribution in [0, 0.1) is 5.92 Å². The maximum atomic E-state index is 12.5. The first-order chi connectivity index (χ1) is 10.5. The monoisotopic (exact) mass is 302 g/mol. The number of rotatable bonds is 4. The summed E-state index contributed by atoms with van der Waals surface area (Å²) in [6.07, 6.45) is 3.86. The molecule has 2 N–H and O–H groups in total. The van der Waals surface area contributed by atoms with E-state index >= 15 is 0 Å². The van der Waals surface area contributed by atoms with Crippen LogP contribution >= 0.6 is 0 Å². The van der Waals surface area contributed by atoms with Crippen molar-refractivity contribution in [3.63, 3.8) is 0 Å². The van der Waals surface area contributed by atoms with Gasteiger partial charge in [0.1, 0.15) is 5.75 Å². The van der Waals surface area contributed by atoms with Crippen LogP contribution in [0.3, 0.4) is 0 Å². The molecule has 1 fully saturated rings. The van der Waals surface area contributed by atoms with Gasteiger partial charge in [0.05, 0.1) is 7.11 Å². The van der Waals surface area contributed by atoms with Gasteiger partial charge in [0, 0.05) is 25.2 Å². The summed E-state index contributed by atoms with van der Waals surface area (Å²) < 4.78 is 5.23. The van der Waals surface area contributed by atoms with Gasteiger partial charge in [-0.3, -0.25) is 4.79 Å². The van der Waals surface area contributed by atoms with Crippen LogP contribution in [-0.2, 0) is 4.79 Å². The summed E-state index contributed by atoms with van der Waals surface area (Å²) in [6, 6.07) is 7.90. The first kappa shape index (κ1) is 16.6. The molecule has 0 saturated carbocycles. The molecule has 1 aliphatic heterocycles. The summed E-state index contributed by atoms with van der Waals surface area (Å²) in [4.78, 5) is 14.4. The molecule has 1 aromatic rings. The smallest absolute Gasteiger partial charge is 0.246 e. The fraction of sp³-hybridized carbons (Fsp3) is 0.500. The number of hydrogen-bond acceptors (Lipinski definition) is 3. The van der Waals surface area contributed by atoms with E-state index in [2.05, 4.69) is 0 Å². The molecule has 1 aliphatic rings. The summed E-state index contributed by atoms with van der Waals surface area (Å²) in [5, 5.41) is 0. The third-order valence-electron chi connectivity index (χ3n) is 4.38. The zero-order valence-corrected chi connectivity index (χ0v) is 13.7. The van der Waals surface area contributed by atoms with Gasteiger partial charge in [0.2, 0.25) is 5.91 Å². The Morgan fingerprint density at radius 3 is 2.95 bits per heavy atom. The van der Waals surface area contributed by atoms with E-state index in [0.717, 1.165) is 42.8 Å². The number of piperidine rings is 1. The molecule has 1 aromatic carbocycles. The van der Waals surface area contributed by atoms with Gasteiger partial charge < -0.3 is 15.4 Å². The Bertz CT molecular complexity index is 552. The number of nitrogens with two attached hydrogens (primary N) is 1. The molecule has 4 nitrogen and oxygen atoms in total. The molecule has 120 valence electrons. The van der Waals surface area contributed by atoms with E-state index < -0.39 is 0 Å². The van der Waals surface area contributed by atoms with Crippen molar-refractivity contribution >= 4 is 11.5 Å². The lowest BCUT2D eigenvalue weighted by Crippen LogP contribution is -2.44. The first-order valence-electron chi connectivity index (χ1n) is 7.88. The molecule has 4 heteroatoms. The molecule has 1 amide bonds. The topological polar surface area (TPSA) is 55.6 Å². The zero-order chi connectivity index (χ0) is 16.1. The number of benzene rings is 1. The Balaban J connectivity index is 2.08. The van der Waals surface area contributed by atoms with Crippen molar-refractivity contribution in [1.82, 2.24) is 4.90 Å². The molecule has 1 heterocycles. The Hall–Kier alpha value is -1.81. The molecule has 0 aliphatic carbocycles. The summed E-state index contributed by atoms with van der Waals surface area (Å²) >= 11 is 0. The van der Waals surface area contributed by atoms with Crippen molar-refractivity contribution in [3.8, 4) is 5.75 Å². The van der Waals surface area contributed by atoms with Crippen LogP contribution in [0.2, 0.25) is 0 Å². The number of ether oxygens (including phenoxy) is 1. The summed E-state index contributed by atoms with van der Waals surface area (Å²) in [7, 11) is 1.64. The molecule has 0 bridgehead atoms. The molecule has 0 spiro atoms. The molecule has 22 heavy (non-hydrogen) atoms. The van der Waals surface area contributed by atoms with Gasteiger partial charge >= 0.3 is 0 Å². The molecule has 2 atom stereocenters. The van der Waals surface area contributed by atoms with Crippen LogP contribution in [0.1, 0.15) is 32.3 Å². The van der Waals surface area contributed by atoms with Crippen LogP contribution in [0.4, 0.5) is 0 Å². The molecule has 0 aromatic heterocycles. The van der Waals surface area contributed by atoms with E-state index in [4.69, 9.17) is 10.5 Å². The summed E-state index contributed by atoms with van der Waals surface area (Å²) in [5.74, 6) is 1.28. The lowest BCUT2D eigenvalue weighted by atomic mass is 9.92. The highest BCUT2D eigenvalue weighted by molar-refractivity contribution is 5.95. The van der Waals surface area contributed by atoms with Crippen LogP contribution < -0.4 is 10.5 Å². The highest BCUT2D eigenvalue weighted by atomic mass is 16.5. The molecule has 2 unspecified atom stereocenters. The quantitative estimate of drug-likeness (QED) is 0.870. The van der Waals surface area contributed by atoms with Crippen molar-refractivity contribution in [1.29, 1.82) is 0 Å². The zero-order valence-electron chi connectivity index (χ0n) is 13.7. The molecule has 0 radical (unpaired) electrons. The highest BCUT2D eigenvalue weighted by Crippen LogP contribution is 2.22. The molecular formula is C18H26N2O2. The Morgan fingerprint density at radius 2 is 2.27 bits per heavy atom. The second-order valence-corrected chi connectivity index (χ2v) is 6.10. The Labute approximate surface area is 132 Å². The van der Waals surface area contributed by atoms with E-state index in [9.17, 15) is 4.79 Å². The number of likely N-dealkylation sites (tertiary alicyclic amines) is 1. The third-order valence-corrected chi connectivity index (χ3v) is 4.38. The lowest BCUT2D eigenvalue weighted by Gasteiger charge is -2.34. The first-order valence-corrected chi connectivity index (χ1v) is 7.88. The number of carbonyl (C=O) groups excluding carboxylic acids is 1. The second-order valence-electron chi connectivity index (χ2n) is 6.10. The highest BCUT2D eigenvalue weighted by Gasteiger charge is 2.24.